The van der Waals surface area contributed by atoms with Crippen LogP contribution in [-0.2, 0) is 21.4 Å². The van der Waals surface area contributed by atoms with E-state index in [1.807, 2.05) is 47.6 Å². The number of aliphatic hydroxyl groups is 2. The van der Waals surface area contributed by atoms with Crippen LogP contribution < -0.4 is 5.32 Å². The van der Waals surface area contributed by atoms with Crippen LogP contribution in [0.25, 0.3) is 16.5 Å². The zero-order valence-corrected chi connectivity index (χ0v) is 34.0. The minimum absolute atomic E-state index is 0.000793. The lowest BCUT2D eigenvalue weighted by Gasteiger charge is -2.64. The Morgan fingerprint density at radius 1 is 1.09 bits per heavy atom. The van der Waals surface area contributed by atoms with E-state index in [2.05, 4.69) is 63.2 Å². The normalized spacial score (nSPS) is 37.5. The Bertz CT molecular complexity index is 2140. The summed E-state index contributed by atoms with van der Waals surface area (Å²) in [5, 5.41) is 27.7. The molecule has 0 radical (unpaired) electrons. The van der Waals surface area contributed by atoms with Crippen molar-refractivity contribution in [1.82, 2.24) is 9.88 Å². The van der Waals surface area contributed by atoms with Crippen LogP contribution in [0.15, 0.2) is 48.3 Å². The largest absolute Gasteiger partial charge is 0.392 e. The molecule has 1 aromatic carbocycles. The molecular formula is C46H59FN2O5. The van der Waals surface area contributed by atoms with E-state index in [0.717, 1.165) is 58.9 Å². The van der Waals surface area contributed by atoms with E-state index in [1.54, 1.807) is 6.08 Å². The zero-order chi connectivity index (χ0) is 39.5. The summed E-state index contributed by atoms with van der Waals surface area (Å²) in [6.07, 6.45) is 9.53. The molecule has 1 amide bonds. The van der Waals surface area contributed by atoms with Crippen LogP contribution in [0.1, 0.15) is 147 Å². The van der Waals surface area contributed by atoms with Gasteiger partial charge in [0.05, 0.1) is 34.5 Å². The van der Waals surface area contributed by atoms with Crippen molar-refractivity contribution in [3.63, 3.8) is 0 Å². The van der Waals surface area contributed by atoms with Gasteiger partial charge in [-0.05, 0) is 140 Å². The van der Waals surface area contributed by atoms with Crippen molar-refractivity contribution in [3.05, 3.63) is 76.3 Å². The van der Waals surface area contributed by atoms with Gasteiger partial charge in [0.25, 0.3) is 5.91 Å². The molecule has 7 nitrogen and oxygen atoms in total. The molecule has 54 heavy (non-hydrogen) atoms. The minimum atomic E-state index is -0.881. The van der Waals surface area contributed by atoms with Crippen molar-refractivity contribution in [2.45, 2.75) is 149 Å². The summed E-state index contributed by atoms with van der Waals surface area (Å²) < 4.78 is 23.8. The molecular weight excluding hydrogens is 680 g/mol. The first kappa shape index (κ1) is 37.6. The van der Waals surface area contributed by atoms with Gasteiger partial charge in [0, 0.05) is 38.9 Å². The first-order chi connectivity index (χ1) is 24.9. The Balaban J connectivity index is 1.29. The van der Waals surface area contributed by atoms with E-state index >= 15 is 0 Å². The van der Waals surface area contributed by atoms with E-state index in [0.29, 0.717) is 17.9 Å². The average Bonchev–Trinajstić information content (AvgIpc) is 3.71. The molecule has 1 aromatic heterocycles. The number of aliphatic hydroxyl groups excluding tert-OH is 2. The Kier molecular flexibility index (Phi) is 7.92. The first-order valence-corrected chi connectivity index (χ1v) is 20.0. The second-order valence-electron chi connectivity index (χ2n) is 20.4. The van der Waals surface area contributed by atoms with E-state index in [9.17, 15) is 24.2 Å². The molecule has 4 aliphatic carbocycles. The quantitative estimate of drug-likeness (QED) is 0.165. The predicted octanol–water partition coefficient (Wildman–Crippen LogP) is 8.92. The number of halogens is 1. The molecule has 8 heteroatoms. The van der Waals surface area contributed by atoms with Crippen molar-refractivity contribution in [3.8, 4) is 0 Å². The fraction of sp³-hybridized carbons (Fsp3) is 0.609. The first-order valence-electron chi connectivity index (χ1n) is 20.0. The molecule has 2 saturated carbocycles. The maximum absolute atomic E-state index is 15.0. The Morgan fingerprint density at radius 3 is 2.43 bits per heavy atom. The topological polar surface area (TPSA) is 101 Å². The highest BCUT2D eigenvalue weighted by molar-refractivity contribution is 6.18. The molecule has 0 bridgehead atoms. The lowest BCUT2D eigenvalue weighted by Crippen LogP contribution is -2.62. The average molecular weight is 739 g/mol. The summed E-state index contributed by atoms with van der Waals surface area (Å²) in [6, 6.07) is 1.70. The molecule has 0 saturated heterocycles. The summed E-state index contributed by atoms with van der Waals surface area (Å²) >= 11 is 0. The highest BCUT2D eigenvalue weighted by Crippen LogP contribution is 2.71. The standard InChI is InChI=1S/C46H59FN2O5/c1-23(2)35-38(52)33-32-25(28-22-42(6,7)54-43(8,9)34(28)37(32)51)21-26-27-20-24-15-16-30-44(10,18-13-14-29(47)40(53)48-41(3,4)5)31(50)17-19-45(30,11)46(24,12)39(27)49(35)36(26)33/h13-14,18,21-22,24,30-31,34-35,37,50-51H,1,15-17,19-20H2,2-12H3,(H,48,53)/b18-13+,29-14-/t24-,30-,31-,34+,35-,37+,44-,45-,46+/m0/s1. The van der Waals surface area contributed by atoms with Crippen molar-refractivity contribution in [2.24, 2.45) is 28.6 Å². The fourth-order valence-electron chi connectivity index (χ4n) is 12.9. The highest BCUT2D eigenvalue weighted by atomic mass is 19.1. The third-order valence-corrected chi connectivity index (χ3v) is 15.0. The number of nitrogens with one attached hydrogen (secondary N) is 1. The minimum Gasteiger partial charge on any atom is -0.392 e. The molecule has 2 aromatic rings. The van der Waals surface area contributed by atoms with Crippen LogP contribution in [0.4, 0.5) is 4.39 Å². The molecule has 2 fully saturated rings. The number of aromatic nitrogens is 1. The van der Waals surface area contributed by atoms with Gasteiger partial charge in [-0.1, -0.05) is 45.1 Å². The maximum atomic E-state index is 15.0. The molecule has 3 heterocycles. The molecule has 0 unspecified atom stereocenters. The van der Waals surface area contributed by atoms with Crippen LogP contribution in [0.3, 0.4) is 0 Å². The van der Waals surface area contributed by atoms with Crippen molar-refractivity contribution >= 4 is 28.2 Å². The Hall–Kier alpha value is -3.33. The Labute approximate surface area is 319 Å². The fourth-order valence-corrected chi connectivity index (χ4v) is 12.9. The smallest absolute Gasteiger partial charge is 0.280 e. The number of amides is 1. The summed E-state index contributed by atoms with van der Waals surface area (Å²) in [5.41, 5.74) is 4.53. The molecule has 2 aliphatic heterocycles. The van der Waals surface area contributed by atoms with Gasteiger partial charge in [0.2, 0.25) is 0 Å². The van der Waals surface area contributed by atoms with Gasteiger partial charge in [-0.15, -0.1) is 0 Å². The van der Waals surface area contributed by atoms with Crippen LogP contribution >= 0.6 is 0 Å². The van der Waals surface area contributed by atoms with Gasteiger partial charge in [-0.2, -0.15) is 0 Å². The molecule has 3 N–H and O–H groups in total. The monoisotopic (exact) mass is 738 g/mol. The van der Waals surface area contributed by atoms with Crippen LogP contribution in [0.5, 0.6) is 0 Å². The number of benzene rings is 1. The molecule has 8 rings (SSSR count). The van der Waals surface area contributed by atoms with Crippen LogP contribution in [0.2, 0.25) is 0 Å². The van der Waals surface area contributed by atoms with E-state index in [-0.39, 0.29) is 28.4 Å². The number of allylic oxidation sites excluding steroid dienone is 3. The number of hydrogen-bond acceptors (Lipinski definition) is 5. The number of carbonyl (C=O) groups excluding carboxylic acids is 2. The van der Waals surface area contributed by atoms with Gasteiger partial charge in [0.1, 0.15) is 6.04 Å². The number of rotatable bonds is 4. The number of carbonyl (C=O) groups is 2. The SMILES string of the molecule is C=C(C)[C@H]1C(=O)c2c3c(cc4c5c(n1c24)[C@@]1(C)[C@@H](CC[C@H]2[C@](C)(/C=C/C=C(\F)C(=O)NC(C)(C)C)[C@@H](O)CC[C@@]21C)C5)C1=CC(C)(C)OC(C)(C)[C@H]1[C@@H]3O. The number of ketones is 1. The van der Waals surface area contributed by atoms with Gasteiger partial charge >= 0.3 is 0 Å². The van der Waals surface area contributed by atoms with E-state index in [1.165, 1.54) is 17.3 Å². The molecule has 290 valence electrons. The molecule has 0 spiro atoms. The lowest BCUT2D eigenvalue weighted by atomic mass is 9.40. The van der Waals surface area contributed by atoms with Gasteiger partial charge in [-0.25, -0.2) is 4.39 Å². The third kappa shape index (κ3) is 4.81. The molecule has 9 atom stereocenters. The number of Topliss-reactive ketones (excluding diaryl/α,β-unsaturated/α-hetero) is 1. The van der Waals surface area contributed by atoms with Crippen LogP contribution in [-0.4, -0.2) is 49.3 Å². The van der Waals surface area contributed by atoms with Crippen molar-refractivity contribution in [1.29, 1.82) is 0 Å². The number of hydrogen-bond donors (Lipinski definition) is 3. The van der Waals surface area contributed by atoms with Crippen LogP contribution in [0, 0.1) is 28.6 Å². The summed E-state index contributed by atoms with van der Waals surface area (Å²) in [4.78, 5) is 27.4. The van der Waals surface area contributed by atoms with E-state index in [4.69, 9.17) is 4.74 Å². The summed E-state index contributed by atoms with van der Waals surface area (Å²) in [7, 11) is 0. The zero-order valence-electron chi connectivity index (χ0n) is 34.0. The maximum Gasteiger partial charge on any atom is 0.280 e. The van der Waals surface area contributed by atoms with E-state index < -0.39 is 52.1 Å². The second kappa shape index (κ2) is 11.4. The highest BCUT2D eigenvalue weighted by Gasteiger charge is 2.67. The molecule has 6 aliphatic rings. The third-order valence-electron chi connectivity index (χ3n) is 15.0. The van der Waals surface area contributed by atoms with Crippen molar-refractivity contribution < 1.29 is 28.9 Å². The number of ether oxygens (including phenoxy) is 1. The van der Waals surface area contributed by atoms with Crippen molar-refractivity contribution in [2.75, 3.05) is 0 Å². The summed E-state index contributed by atoms with van der Waals surface area (Å²) in [6.45, 7) is 26.8. The Morgan fingerprint density at radius 2 is 1.78 bits per heavy atom. The lowest BCUT2D eigenvalue weighted by molar-refractivity contribution is -0.144. The van der Waals surface area contributed by atoms with Gasteiger partial charge in [-0.3, -0.25) is 9.59 Å². The van der Waals surface area contributed by atoms with Gasteiger partial charge < -0.3 is 24.8 Å². The number of fused-ring (bicyclic) bond motifs is 11. The van der Waals surface area contributed by atoms with Gasteiger partial charge in [0.15, 0.2) is 11.6 Å². The number of nitrogens with zero attached hydrogens (tertiary/aromatic N) is 1. The predicted molar refractivity (Wildman–Crippen MR) is 211 cm³/mol. The summed E-state index contributed by atoms with van der Waals surface area (Å²) in [5.74, 6) is -1.54. The second-order valence-corrected chi connectivity index (χ2v) is 20.4.